The van der Waals surface area contributed by atoms with E-state index in [1.807, 2.05) is 32.0 Å². The van der Waals surface area contributed by atoms with E-state index in [1.165, 1.54) is 28.7 Å². The van der Waals surface area contributed by atoms with Gasteiger partial charge in [0.1, 0.15) is 12.4 Å². The number of fused-ring (bicyclic) bond motifs is 1. The molecule has 0 radical (unpaired) electrons. The largest absolute Gasteiger partial charge is 0.353 e. The first-order valence-electron chi connectivity index (χ1n) is 9.67. The third-order valence-corrected chi connectivity index (χ3v) is 4.76. The van der Waals surface area contributed by atoms with E-state index in [2.05, 4.69) is 20.7 Å². The number of amides is 1. The topological polar surface area (TPSA) is 93.3 Å². The number of benzene rings is 2. The van der Waals surface area contributed by atoms with Crippen LogP contribution in [0.2, 0.25) is 0 Å². The molecule has 4 aromatic rings. The second-order valence-electron chi connectivity index (χ2n) is 7.35. The lowest BCUT2D eigenvalue weighted by atomic mass is 10.1. The zero-order valence-corrected chi connectivity index (χ0v) is 17.3. The van der Waals surface area contributed by atoms with E-state index in [9.17, 15) is 14.0 Å². The van der Waals surface area contributed by atoms with Crippen molar-refractivity contribution < 1.29 is 9.18 Å². The summed E-state index contributed by atoms with van der Waals surface area (Å²) in [4.78, 5) is 29.9. The normalized spacial score (nSPS) is 11.0. The smallest absolute Gasteiger partial charge is 0.325 e. The second kappa shape index (κ2) is 8.02. The number of hydrogen-bond donors (Lipinski definition) is 2. The zero-order valence-electron chi connectivity index (χ0n) is 17.3. The molecule has 9 heteroatoms. The fraction of sp³-hybridized carbons (Fsp3) is 0.182. The maximum absolute atomic E-state index is 13.2. The molecule has 0 unspecified atom stereocenters. The van der Waals surface area contributed by atoms with Gasteiger partial charge in [-0.25, -0.2) is 23.3 Å². The van der Waals surface area contributed by atoms with E-state index in [0.29, 0.717) is 22.7 Å². The third-order valence-electron chi connectivity index (χ3n) is 4.76. The summed E-state index contributed by atoms with van der Waals surface area (Å²) in [6.45, 7) is 5.36. The Morgan fingerprint density at radius 1 is 1.06 bits per heavy atom. The minimum atomic E-state index is -0.511. The minimum Gasteiger partial charge on any atom is -0.325 e. The molecule has 0 bridgehead atoms. The first-order chi connectivity index (χ1) is 14.8. The van der Waals surface area contributed by atoms with Crippen LogP contribution in [-0.2, 0) is 11.3 Å². The molecule has 31 heavy (non-hydrogen) atoms. The molecule has 2 aromatic carbocycles. The number of aryl methyl sites for hydroxylation is 3. The fourth-order valence-corrected chi connectivity index (χ4v) is 3.20. The molecule has 2 heterocycles. The highest BCUT2D eigenvalue weighted by atomic mass is 19.1. The van der Waals surface area contributed by atoms with Crippen molar-refractivity contribution in [2.24, 2.45) is 0 Å². The predicted octanol–water partition coefficient (Wildman–Crippen LogP) is 3.34. The first kappa shape index (κ1) is 20.3. The van der Waals surface area contributed by atoms with Gasteiger partial charge in [0.25, 0.3) is 0 Å². The average molecular weight is 420 g/mol. The minimum absolute atomic E-state index is 0.229. The molecule has 8 nitrogen and oxygen atoms in total. The van der Waals surface area contributed by atoms with Crippen LogP contribution in [0.3, 0.4) is 0 Å². The van der Waals surface area contributed by atoms with E-state index >= 15 is 0 Å². The molecule has 0 fully saturated rings. The molecule has 2 aromatic heterocycles. The van der Waals surface area contributed by atoms with E-state index in [0.717, 1.165) is 15.8 Å². The van der Waals surface area contributed by atoms with Crippen molar-refractivity contribution >= 4 is 28.9 Å². The van der Waals surface area contributed by atoms with Gasteiger partial charge in [0, 0.05) is 23.1 Å². The summed E-state index contributed by atoms with van der Waals surface area (Å²) in [5.74, 6) is -0.502. The van der Waals surface area contributed by atoms with Crippen molar-refractivity contribution in [3.05, 3.63) is 81.7 Å². The van der Waals surface area contributed by atoms with Gasteiger partial charge in [-0.1, -0.05) is 12.1 Å². The van der Waals surface area contributed by atoms with Gasteiger partial charge >= 0.3 is 5.69 Å². The Balaban J connectivity index is 1.64. The van der Waals surface area contributed by atoms with Crippen LogP contribution in [0.25, 0.3) is 5.65 Å². The van der Waals surface area contributed by atoms with Crippen molar-refractivity contribution in [2.45, 2.75) is 27.3 Å². The molecule has 0 saturated heterocycles. The fourth-order valence-electron chi connectivity index (χ4n) is 3.20. The van der Waals surface area contributed by atoms with E-state index in [1.54, 1.807) is 13.0 Å². The molecule has 2 N–H and O–H groups in total. The maximum atomic E-state index is 13.2. The number of anilines is 3. The van der Waals surface area contributed by atoms with Crippen molar-refractivity contribution in [3.63, 3.8) is 0 Å². The third kappa shape index (κ3) is 4.30. The van der Waals surface area contributed by atoms with Gasteiger partial charge in [0.2, 0.25) is 11.9 Å². The van der Waals surface area contributed by atoms with Gasteiger partial charge in [-0.05, 0) is 62.2 Å². The Bertz CT molecular complexity index is 1340. The summed E-state index contributed by atoms with van der Waals surface area (Å²) in [5.41, 5.74) is 3.67. The van der Waals surface area contributed by atoms with Gasteiger partial charge in [-0.15, -0.1) is 5.10 Å². The maximum Gasteiger partial charge on any atom is 0.353 e. The predicted molar refractivity (Wildman–Crippen MR) is 116 cm³/mol. The van der Waals surface area contributed by atoms with Crippen LogP contribution in [0.4, 0.5) is 21.7 Å². The Kier molecular flexibility index (Phi) is 5.24. The van der Waals surface area contributed by atoms with Gasteiger partial charge < -0.3 is 10.6 Å². The summed E-state index contributed by atoms with van der Waals surface area (Å²) in [7, 11) is 0. The Morgan fingerprint density at radius 2 is 1.81 bits per heavy atom. The highest BCUT2D eigenvalue weighted by molar-refractivity contribution is 5.91. The number of hydrogen-bond acceptors (Lipinski definition) is 5. The lowest BCUT2D eigenvalue weighted by Crippen LogP contribution is -2.29. The summed E-state index contributed by atoms with van der Waals surface area (Å²) in [6, 6.07) is 13.1. The first-order valence-corrected chi connectivity index (χ1v) is 9.67. The van der Waals surface area contributed by atoms with Crippen LogP contribution in [-0.4, -0.2) is 25.1 Å². The lowest BCUT2D eigenvalue weighted by Gasteiger charge is -2.09. The summed E-state index contributed by atoms with van der Waals surface area (Å²) in [5, 5.41) is 10.1. The van der Waals surface area contributed by atoms with Crippen molar-refractivity contribution in [1.29, 1.82) is 0 Å². The van der Waals surface area contributed by atoms with Crippen molar-refractivity contribution in [1.82, 2.24) is 19.2 Å². The highest BCUT2D eigenvalue weighted by Gasteiger charge is 2.16. The van der Waals surface area contributed by atoms with E-state index in [-0.39, 0.29) is 24.2 Å². The number of aromatic nitrogens is 4. The van der Waals surface area contributed by atoms with Crippen LogP contribution in [0.5, 0.6) is 0 Å². The van der Waals surface area contributed by atoms with Gasteiger partial charge in [0.05, 0.1) is 0 Å². The molecule has 0 aliphatic carbocycles. The molecule has 0 aliphatic heterocycles. The Morgan fingerprint density at radius 3 is 2.55 bits per heavy atom. The number of halogens is 1. The Labute approximate surface area is 177 Å². The summed E-state index contributed by atoms with van der Waals surface area (Å²) >= 11 is 0. The highest BCUT2D eigenvalue weighted by Crippen LogP contribution is 2.17. The second-order valence-corrected chi connectivity index (χ2v) is 7.35. The number of nitrogens with one attached hydrogen (secondary N) is 2. The molecular formula is C22H21FN6O2. The number of carbonyl (C=O) groups excluding carboxylic acids is 1. The Hall–Kier alpha value is -4.01. The molecular weight excluding hydrogens is 399 g/mol. The van der Waals surface area contributed by atoms with Gasteiger partial charge in [0.15, 0.2) is 5.65 Å². The van der Waals surface area contributed by atoms with Crippen LogP contribution >= 0.6 is 0 Å². The van der Waals surface area contributed by atoms with E-state index < -0.39 is 5.69 Å². The number of rotatable bonds is 5. The molecule has 158 valence electrons. The zero-order chi connectivity index (χ0) is 22.1. The molecule has 4 rings (SSSR count). The van der Waals surface area contributed by atoms with Crippen LogP contribution in [0.1, 0.15) is 16.8 Å². The monoisotopic (exact) mass is 420 g/mol. The van der Waals surface area contributed by atoms with Crippen molar-refractivity contribution in [2.75, 3.05) is 10.6 Å². The molecule has 0 atom stereocenters. The van der Waals surface area contributed by atoms with E-state index in [4.69, 9.17) is 0 Å². The quantitative estimate of drug-likeness (QED) is 0.517. The van der Waals surface area contributed by atoms with Crippen LogP contribution in [0.15, 0.2) is 53.3 Å². The number of nitrogens with zero attached hydrogens (tertiary/aromatic N) is 4. The average Bonchev–Trinajstić information content (AvgIpc) is 3.01. The number of carbonyl (C=O) groups is 1. The molecule has 0 spiro atoms. The standard InChI is InChI=1S/C22H21FN6O2/c1-13-4-5-14(2)18(10-13)26-20(30)12-28-22(31)29-19(27-28)11-15(3)24-21(29)25-17-8-6-16(23)7-9-17/h4-11H,12H2,1-3H3,(H,24,25)(H,26,30). The molecule has 0 saturated carbocycles. The molecule has 0 aliphatic rings. The summed E-state index contributed by atoms with van der Waals surface area (Å²) < 4.78 is 15.6. The van der Waals surface area contributed by atoms with Gasteiger partial charge in [-0.2, -0.15) is 0 Å². The summed E-state index contributed by atoms with van der Waals surface area (Å²) in [6.07, 6.45) is 0. The SMILES string of the molecule is Cc1ccc(C)c(NC(=O)Cn2nc3cc(C)nc(Nc4ccc(F)cc4)n3c2=O)c1. The molecule has 1 amide bonds. The van der Waals surface area contributed by atoms with Gasteiger partial charge in [-0.3, -0.25) is 4.79 Å². The van der Waals surface area contributed by atoms with Crippen molar-refractivity contribution in [3.8, 4) is 0 Å². The van der Waals surface area contributed by atoms with Crippen LogP contribution < -0.4 is 16.3 Å². The lowest BCUT2D eigenvalue weighted by molar-refractivity contribution is -0.117. The van der Waals surface area contributed by atoms with Crippen LogP contribution in [0, 0.1) is 26.6 Å².